The molecule has 0 aromatic rings. The fourth-order valence-corrected chi connectivity index (χ4v) is 1.38. The maximum Gasteiger partial charge on any atom is 0.246 e. The van der Waals surface area contributed by atoms with Gasteiger partial charge < -0.3 is 10.2 Å². The average molecular weight is 198 g/mol. The van der Waals surface area contributed by atoms with E-state index in [9.17, 15) is 4.79 Å². The highest BCUT2D eigenvalue weighted by Crippen LogP contribution is 2.15. The maximum absolute atomic E-state index is 11.0. The molecule has 1 amide bonds. The lowest BCUT2D eigenvalue weighted by atomic mass is 10.2. The molecule has 0 aromatic heterocycles. The Hall–Kier alpha value is -0.830. The predicted octanol–water partition coefficient (Wildman–Crippen LogP) is 1.41. The summed E-state index contributed by atoms with van der Waals surface area (Å²) in [5.41, 5.74) is 0. The molecule has 1 N–H and O–H groups in total. The van der Waals surface area contributed by atoms with Crippen molar-refractivity contribution in [3.63, 3.8) is 0 Å². The minimum absolute atomic E-state index is 0.0741. The summed E-state index contributed by atoms with van der Waals surface area (Å²) < 4.78 is 0. The summed E-state index contributed by atoms with van der Waals surface area (Å²) in [6.07, 6.45) is 3.67. The normalized spacial score (nSPS) is 19.9. The number of carbonyl (C=O) groups excluding carboxylic acids is 1. The third kappa shape index (κ3) is 4.42. The zero-order chi connectivity index (χ0) is 11.0. The van der Waals surface area contributed by atoms with Gasteiger partial charge in [0.15, 0.2) is 0 Å². The molecular formula is C11H22N2O. The van der Waals surface area contributed by atoms with E-state index in [1.807, 2.05) is 11.9 Å². The Bertz CT molecular complexity index is 178. The SMILES string of the molecule is C=CC(=O)N1CCC[C@H]1C.CCNC. The van der Waals surface area contributed by atoms with Gasteiger partial charge in [0, 0.05) is 12.6 Å². The van der Waals surface area contributed by atoms with Gasteiger partial charge in [-0.2, -0.15) is 0 Å². The lowest BCUT2D eigenvalue weighted by molar-refractivity contribution is -0.126. The minimum atomic E-state index is 0.0741. The zero-order valence-corrected chi connectivity index (χ0v) is 9.55. The van der Waals surface area contributed by atoms with E-state index in [0.29, 0.717) is 6.04 Å². The number of likely N-dealkylation sites (tertiary alicyclic amines) is 1. The van der Waals surface area contributed by atoms with Gasteiger partial charge in [0.05, 0.1) is 0 Å². The Morgan fingerprint density at radius 2 is 2.29 bits per heavy atom. The Morgan fingerprint density at radius 1 is 1.71 bits per heavy atom. The van der Waals surface area contributed by atoms with Crippen LogP contribution < -0.4 is 5.32 Å². The van der Waals surface area contributed by atoms with Crippen molar-refractivity contribution in [1.82, 2.24) is 10.2 Å². The molecule has 82 valence electrons. The first-order valence-corrected chi connectivity index (χ1v) is 5.25. The Kier molecular flexibility index (Phi) is 7.11. The highest BCUT2D eigenvalue weighted by Gasteiger charge is 2.22. The van der Waals surface area contributed by atoms with Crippen molar-refractivity contribution < 1.29 is 4.79 Å². The smallest absolute Gasteiger partial charge is 0.246 e. The van der Waals surface area contributed by atoms with E-state index in [1.54, 1.807) is 0 Å². The van der Waals surface area contributed by atoms with Gasteiger partial charge in [-0.05, 0) is 39.4 Å². The fourth-order valence-electron chi connectivity index (χ4n) is 1.38. The second-order valence-electron chi connectivity index (χ2n) is 3.43. The monoisotopic (exact) mass is 198 g/mol. The molecular weight excluding hydrogens is 176 g/mol. The lowest BCUT2D eigenvalue weighted by Crippen LogP contribution is -2.31. The van der Waals surface area contributed by atoms with Crippen LogP contribution in [0.15, 0.2) is 12.7 Å². The number of hydrogen-bond acceptors (Lipinski definition) is 2. The van der Waals surface area contributed by atoms with E-state index in [4.69, 9.17) is 0 Å². The summed E-state index contributed by atoms with van der Waals surface area (Å²) in [7, 11) is 1.93. The maximum atomic E-state index is 11.0. The van der Waals surface area contributed by atoms with Crippen molar-refractivity contribution in [2.45, 2.75) is 32.7 Å². The first-order valence-electron chi connectivity index (χ1n) is 5.25. The van der Waals surface area contributed by atoms with Crippen LogP contribution in [-0.4, -0.2) is 37.0 Å². The molecule has 0 bridgehead atoms. The Labute approximate surface area is 87.2 Å². The highest BCUT2D eigenvalue weighted by atomic mass is 16.2. The molecule has 14 heavy (non-hydrogen) atoms. The summed E-state index contributed by atoms with van der Waals surface area (Å²) in [4.78, 5) is 12.9. The standard InChI is InChI=1S/C8H13NO.C3H9N/c1-3-8(10)9-6-4-5-7(9)2;1-3-4-2/h3,7H,1,4-6H2,2H3;4H,3H2,1-2H3/t7-;/m1./s1. The van der Waals surface area contributed by atoms with Crippen LogP contribution in [0.3, 0.4) is 0 Å². The van der Waals surface area contributed by atoms with Gasteiger partial charge in [0.1, 0.15) is 0 Å². The van der Waals surface area contributed by atoms with Crippen molar-refractivity contribution in [3.8, 4) is 0 Å². The molecule has 1 saturated heterocycles. The predicted molar refractivity (Wildman–Crippen MR) is 60.2 cm³/mol. The topological polar surface area (TPSA) is 32.3 Å². The average Bonchev–Trinajstić information content (AvgIpc) is 2.64. The van der Waals surface area contributed by atoms with Crippen molar-refractivity contribution in [1.29, 1.82) is 0 Å². The van der Waals surface area contributed by atoms with Gasteiger partial charge in [-0.3, -0.25) is 4.79 Å². The number of nitrogens with zero attached hydrogens (tertiary/aromatic N) is 1. The van der Waals surface area contributed by atoms with E-state index >= 15 is 0 Å². The summed E-state index contributed by atoms with van der Waals surface area (Å²) >= 11 is 0. The molecule has 1 aliphatic heterocycles. The van der Waals surface area contributed by atoms with Gasteiger partial charge in [0.2, 0.25) is 5.91 Å². The molecule has 0 spiro atoms. The van der Waals surface area contributed by atoms with Crippen LogP contribution in [0.1, 0.15) is 26.7 Å². The van der Waals surface area contributed by atoms with Crippen molar-refractivity contribution >= 4 is 5.91 Å². The second kappa shape index (κ2) is 7.56. The second-order valence-corrected chi connectivity index (χ2v) is 3.43. The summed E-state index contributed by atoms with van der Waals surface area (Å²) in [5, 5.41) is 2.93. The first kappa shape index (κ1) is 13.2. The molecule has 1 rings (SSSR count). The summed E-state index contributed by atoms with van der Waals surface area (Å²) in [5.74, 6) is 0.0741. The van der Waals surface area contributed by atoms with E-state index in [2.05, 4.69) is 25.7 Å². The first-order chi connectivity index (χ1) is 6.67. The van der Waals surface area contributed by atoms with Crippen molar-refractivity contribution in [2.75, 3.05) is 20.1 Å². The molecule has 1 fully saturated rings. The largest absolute Gasteiger partial charge is 0.336 e. The molecule has 3 heteroatoms. The Morgan fingerprint density at radius 3 is 2.57 bits per heavy atom. The molecule has 0 aromatic carbocycles. The van der Waals surface area contributed by atoms with E-state index in [0.717, 1.165) is 25.9 Å². The van der Waals surface area contributed by atoms with Gasteiger partial charge in [-0.15, -0.1) is 0 Å². The summed E-state index contributed by atoms with van der Waals surface area (Å²) in [6, 6.07) is 0.422. The molecule has 1 heterocycles. The van der Waals surface area contributed by atoms with Crippen molar-refractivity contribution in [2.24, 2.45) is 0 Å². The van der Waals surface area contributed by atoms with E-state index < -0.39 is 0 Å². The molecule has 0 aliphatic carbocycles. The van der Waals surface area contributed by atoms with Crippen LogP contribution >= 0.6 is 0 Å². The Balaban J connectivity index is 0.000000364. The molecule has 0 unspecified atom stereocenters. The molecule has 1 aliphatic rings. The van der Waals surface area contributed by atoms with Gasteiger partial charge in [-0.25, -0.2) is 0 Å². The van der Waals surface area contributed by atoms with Gasteiger partial charge in [0.25, 0.3) is 0 Å². The fraction of sp³-hybridized carbons (Fsp3) is 0.727. The quantitative estimate of drug-likeness (QED) is 0.680. The van der Waals surface area contributed by atoms with Crippen molar-refractivity contribution in [3.05, 3.63) is 12.7 Å². The van der Waals surface area contributed by atoms with Gasteiger partial charge in [-0.1, -0.05) is 13.5 Å². The summed E-state index contributed by atoms with van der Waals surface area (Å²) in [6.45, 7) is 9.57. The van der Waals surface area contributed by atoms with Crippen LogP contribution in [-0.2, 0) is 4.79 Å². The third-order valence-electron chi connectivity index (χ3n) is 2.36. The van der Waals surface area contributed by atoms with E-state index in [-0.39, 0.29) is 5.91 Å². The van der Waals surface area contributed by atoms with Crippen LogP contribution in [0.4, 0.5) is 0 Å². The number of hydrogen-bond donors (Lipinski definition) is 1. The molecule has 3 nitrogen and oxygen atoms in total. The molecule has 0 saturated carbocycles. The van der Waals surface area contributed by atoms with Crippen LogP contribution in [0.2, 0.25) is 0 Å². The third-order valence-corrected chi connectivity index (χ3v) is 2.36. The number of carbonyl (C=O) groups is 1. The molecule has 0 radical (unpaired) electrons. The van der Waals surface area contributed by atoms with Crippen LogP contribution in [0.5, 0.6) is 0 Å². The van der Waals surface area contributed by atoms with Crippen LogP contribution in [0.25, 0.3) is 0 Å². The highest BCUT2D eigenvalue weighted by molar-refractivity contribution is 5.87. The lowest BCUT2D eigenvalue weighted by Gasteiger charge is -2.18. The number of amides is 1. The molecule has 1 atom stereocenters. The van der Waals surface area contributed by atoms with Gasteiger partial charge >= 0.3 is 0 Å². The minimum Gasteiger partial charge on any atom is -0.336 e. The number of rotatable bonds is 2. The number of nitrogens with one attached hydrogen (secondary N) is 1. The zero-order valence-electron chi connectivity index (χ0n) is 9.55. The van der Waals surface area contributed by atoms with E-state index in [1.165, 1.54) is 6.08 Å². The van der Waals surface area contributed by atoms with Crippen LogP contribution in [0, 0.1) is 0 Å².